The van der Waals surface area contributed by atoms with E-state index in [1.807, 2.05) is 40.3 Å². The van der Waals surface area contributed by atoms with Crippen molar-refractivity contribution in [3.8, 4) is 11.3 Å². The number of carbonyl (C=O) groups excluding carboxylic acids is 2. The number of benzene rings is 1. The van der Waals surface area contributed by atoms with E-state index in [2.05, 4.69) is 15.3 Å². The van der Waals surface area contributed by atoms with Crippen LogP contribution < -0.4 is 11.1 Å². The van der Waals surface area contributed by atoms with Gasteiger partial charge >= 0.3 is 0 Å². The maximum Gasteiger partial charge on any atom is 0.236 e. The number of carbonyl (C=O) groups is 2. The summed E-state index contributed by atoms with van der Waals surface area (Å²) in [6, 6.07) is 7.85. The first kappa shape index (κ1) is 22.6. The lowest BCUT2D eigenvalue weighted by Crippen LogP contribution is -2.49. The van der Waals surface area contributed by atoms with Crippen molar-refractivity contribution in [2.24, 2.45) is 5.73 Å². The number of anilines is 1. The van der Waals surface area contributed by atoms with Crippen molar-refractivity contribution in [1.29, 1.82) is 0 Å². The van der Waals surface area contributed by atoms with Crippen molar-refractivity contribution in [3.63, 3.8) is 0 Å². The molecule has 0 radical (unpaired) electrons. The fraction of sp³-hybridized carbons (Fsp3) is 0.417. The van der Waals surface area contributed by atoms with Crippen LogP contribution in [0, 0.1) is 0 Å². The number of halogens is 1. The van der Waals surface area contributed by atoms with Gasteiger partial charge in [-0.15, -0.1) is 0 Å². The quantitative estimate of drug-likeness (QED) is 0.497. The number of nitrogens with zero attached hydrogens (tertiary/aromatic N) is 4. The van der Waals surface area contributed by atoms with Crippen LogP contribution >= 0.6 is 11.6 Å². The van der Waals surface area contributed by atoms with E-state index in [1.165, 1.54) is 0 Å². The molecular weight excluding hydrogens is 454 g/mol. The van der Waals surface area contributed by atoms with Gasteiger partial charge in [0.25, 0.3) is 0 Å². The highest BCUT2D eigenvalue weighted by Crippen LogP contribution is 2.32. The number of likely N-dealkylation sites (tertiary alicyclic amines) is 2. The van der Waals surface area contributed by atoms with Gasteiger partial charge in [-0.3, -0.25) is 14.5 Å². The van der Waals surface area contributed by atoms with Crippen LogP contribution in [0.2, 0.25) is 5.02 Å². The molecule has 3 aromatic rings. The monoisotopic (exact) mass is 481 g/mol. The first-order valence-corrected chi connectivity index (χ1v) is 12.0. The number of piperidine rings is 1. The maximum atomic E-state index is 12.8. The second kappa shape index (κ2) is 9.60. The summed E-state index contributed by atoms with van der Waals surface area (Å²) in [5, 5.41) is 4.96. The number of hydrogen-bond donors (Lipinski definition) is 3. The average molecular weight is 482 g/mol. The lowest BCUT2D eigenvalue weighted by atomic mass is 10.1. The number of para-hydroxylation sites is 1. The molecule has 4 N–H and O–H groups in total. The molecule has 0 saturated carbocycles. The van der Waals surface area contributed by atoms with Crippen LogP contribution in [0.3, 0.4) is 0 Å². The number of hydrogen-bond acceptors (Lipinski definition) is 6. The molecule has 2 aliphatic rings. The third kappa shape index (κ3) is 4.58. The highest BCUT2D eigenvalue weighted by molar-refractivity contribution is 6.33. The Morgan fingerprint density at radius 3 is 2.76 bits per heavy atom. The van der Waals surface area contributed by atoms with Crippen LogP contribution in [0.1, 0.15) is 25.7 Å². The second-order valence-electron chi connectivity index (χ2n) is 8.97. The normalized spacial score (nSPS) is 19.6. The van der Waals surface area contributed by atoms with Crippen LogP contribution in [0.15, 0.2) is 36.7 Å². The fourth-order valence-electron chi connectivity index (χ4n) is 4.96. The van der Waals surface area contributed by atoms with Crippen LogP contribution in [-0.2, 0) is 9.59 Å². The van der Waals surface area contributed by atoms with Crippen molar-refractivity contribution in [3.05, 3.63) is 41.7 Å². The summed E-state index contributed by atoms with van der Waals surface area (Å²) in [5.41, 5.74) is 8.11. The van der Waals surface area contributed by atoms with E-state index in [1.54, 1.807) is 6.20 Å². The lowest BCUT2D eigenvalue weighted by Gasteiger charge is -2.34. The second-order valence-corrected chi connectivity index (χ2v) is 9.38. The van der Waals surface area contributed by atoms with E-state index in [0.717, 1.165) is 48.7 Å². The summed E-state index contributed by atoms with van der Waals surface area (Å²) in [7, 11) is 0. The number of fused-ring (bicyclic) bond motifs is 1. The van der Waals surface area contributed by atoms with Gasteiger partial charge in [-0.1, -0.05) is 29.8 Å². The highest BCUT2D eigenvalue weighted by Gasteiger charge is 2.32. The molecule has 5 rings (SSSR count). The predicted molar refractivity (Wildman–Crippen MR) is 131 cm³/mol. The van der Waals surface area contributed by atoms with Gasteiger partial charge in [-0.05, 0) is 38.3 Å². The molecule has 34 heavy (non-hydrogen) atoms. The van der Waals surface area contributed by atoms with Crippen molar-refractivity contribution in [1.82, 2.24) is 24.8 Å². The summed E-state index contributed by atoms with van der Waals surface area (Å²) < 4.78 is 0. The molecule has 178 valence electrons. The number of nitrogens with one attached hydrogen (secondary N) is 2. The minimum Gasteiger partial charge on any atom is -0.368 e. The SMILES string of the molecule is NC(=O)[C@@H]1CCCN1CC(=O)N1CCC(Nc2ncc(Cl)c(-c3c[nH]c4ccccc34)n2)CC1. The van der Waals surface area contributed by atoms with Crippen LogP contribution in [0.5, 0.6) is 0 Å². The van der Waals surface area contributed by atoms with E-state index >= 15 is 0 Å². The Labute approximate surface area is 202 Å². The molecule has 9 nitrogen and oxygen atoms in total. The van der Waals surface area contributed by atoms with Gasteiger partial charge in [0.15, 0.2) is 0 Å². The zero-order valence-corrected chi connectivity index (χ0v) is 19.6. The Kier molecular flexibility index (Phi) is 6.38. The smallest absolute Gasteiger partial charge is 0.236 e. The molecule has 4 heterocycles. The molecule has 1 aromatic carbocycles. The number of aromatic nitrogens is 3. The van der Waals surface area contributed by atoms with E-state index in [9.17, 15) is 9.59 Å². The van der Waals surface area contributed by atoms with E-state index in [4.69, 9.17) is 22.3 Å². The van der Waals surface area contributed by atoms with Gasteiger partial charge in [0.2, 0.25) is 17.8 Å². The summed E-state index contributed by atoms with van der Waals surface area (Å²) >= 11 is 6.44. The molecule has 2 saturated heterocycles. The average Bonchev–Trinajstić information content (AvgIpc) is 3.48. The molecular formula is C24H28ClN7O2. The first-order valence-electron chi connectivity index (χ1n) is 11.7. The largest absolute Gasteiger partial charge is 0.368 e. The van der Waals surface area contributed by atoms with Gasteiger partial charge in [-0.2, -0.15) is 0 Å². The van der Waals surface area contributed by atoms with E-state index in [-0.39, 0.29) is 30.4 Å². The Morgan fingerprint density at radius 1 is 1.18 bits per heavy atom. The molecule has 0 spiro atoms. The third-order valence-electron chi connectivity index (χ3n) is 6.80. The first-order chi connectivity index (χ1) is 16.5. The Bertz CT molecular complexity index is 1210. The molecule has 0 bridgehead atoms. The zero-order chi connectivity index (χ0) is 23.7. The van der Waals surface area contributed by atoms with E-state index in [0.29, 0.717) is 29.8 Å². The molecule has 2 aromatic heterocycles. The van der Waals surface area contributed by atoms with Crippen LogP contribution in [-0.4, -0.2) is 74.8 Å². The molecule has 2 fully saturated rings. The summed E-state index contributed by atoms with van der Waals surface area (Å²) in [6.07, 6.45) is 6.75. The number of amides is 2. The van der Waals surface area contributed by atoms with E-state index < -0.39 is 0 Å². The number of aromatic amines is 1. The maximum absolute atomic E-state index is 12.8. The number of H-pyrrole nitrogens is 1. The van der Waals surface area contributed by atoms with Gasteiger partial charge in [0, 0.05) is 41.8 Å². The van der Waals surface area contributed by atoms with Crippen molar-refractivity contribution < 1.29 is 9.59 Å². The highest BCUT2D eigenvalue weighted by atomic mass is 35.5. The standard InChI is InChI=1S/C24H28ClN7O2/c25-18-13-28-24(30-22(18)17-12-27-19-5-2-1-4-16(17)19)29-15-7-10-31(11-8-15)21(33)14-32-9-3-6-20(32)23(26)34/h1-2,4-5,12-13,15,20,27H,3,6-11,14H2,(H2,26,34)(H,28,29,30)/t20-/m0/s1. The molecule has 1 atom stereocenters. The van der Waals surface area contributed by atoms with Gasteiger partial charge < -0.3 is 20.9 Å². The molecule has 10 heteroatoms. The van der Waals surface area contributed by atoms with Crippen molar-refractivity contribution >= 4 is 40.3 Å². The topological polar surface area (TPSA) is 120 Å². The lowest BCUT2D eigenvalue weighted by molar-refractivity contribution is -0.134. The van der Waals surface area contributed by atoms with Gasteiger partial charge in [0.05, 0.1) is 29.5 Å². The number of primary amides is 1. The summed E-state index contributed by atoms with van der Waals surface area (Å²) in [5.74, 6) is 0.231. The fourth-order valence-corrected chi connectivity index (χ4v) is 5.15. The van der Waals surface area contributed by atoms with Crippen molar-refractivity contribution in [2.45, 2.75) is 37.8 Å². The summed E-state index contributed by atoms with van der Waals surface area (Å²) in [6.45, 7) is 2.28. The minimum absolute atomic E-state index is 0.0518. The van der Waals surface area contributed by atoms with Gasteiger partial charge in [-0.25, -0.2) is 9.97 Å². The Hall–Kier alpha value is -3.17. The van der Waals surface area contributed by atoms with Crippen molar-refractivity contribution in [2.75, 3.05) is 31.5 Å². The summed E-state index contributed by atoms with van der Waals surface area (Å²) in [4.78, 5) is 40.5. The van der Waals surface area contributed by atoms with Gasteiger partial charge in [0.1, 0.15) is 0 Å². The molecule has 2 amide bonds. The molecule has 2 aliphatic heterocycles. The molecule has 0 unspecified atom stereocenters. The van der Waals surface area contributed by atoms with Crippen LogP contribution in [0.25, 0.3) is 22.2 Å². The zero-order valence-electron chi connectivity index (χ0n) is 18.8. The minimum atomic E-state index is -0.344. The Morgan fingerprint density at radius 2 is 1.97 bits per heavy atom. The Balaban J connectivity index is 1.20. The van der Waals surface area contributed by atoms with Crippen LogP contribution in [0.4, 0.5) is 5.95 Å². The molecule has 0 aliphatic carbocycles. The third-order valence-corrected chi connectivity index (χ3v) is 7.08. The predicted octanol–water partition coefficient (Wildman–Crippen LogP) is 2.63. The number of nitrogens with two attached hydrogens (primary N) is 1. The number of rotatable bonds is 6.